The van der Waals surface area contributed by atoms with Crippen molar-refractivity contribution in [1.82, 2.24) is 0 Å². The van der Waals surface area contributed by atoms with Crippen LogP contribution in [0.3, 0.4) is 0 Å². The Morgan fingerprint density at radius 2 is 1.75 bits per heavy atom. The van der Waals surface area contributed by atoms with Gasteiger partial charge in [-0.15, -0.1) is 0 Å². The van der Waals surface area contributed by atoms with Crippen molar-refractivity contribution >= 4 is 0 Å². The van der Waals surface area contributed by atoms with Crippen LogP contribution in [0.2, 0.25) is 0 Å². The van der Waals surface area contributed by atoms with Crippen LogP contribution in [0.15, 0.2) is 47.1 Å². The minimum atomic E-state index is 0.953. The van der Waals surface area contributed by atoms with Gasteiger partial charge in [-0.3, -0.25) is 0 Å². The summed E-state index contributed by atoms with van der Waals surface area (Å²) in [5.74, 6) is 0.953. The maximum atomic E-state index is 5.22. The van der Waals surface area contributed by atoms with E-state index in [0.29, 0.717) is 0 Å². The lowest BCUT2D eigenvalue weighted by molar-refractivity contribution is 0.535. The predicted octanol–water partition coefficient (Wildman–Crippen LogP) is 3.26. The van der Waals surface area contributed by atoms with Crippen molar-refractivity contribution in [2.45, 2.75) is 6.92 Å². The van der Waals surface area contributed by atoms with Gasteiger partial charge in [-0.1, -0.05) is 30.3 Å². The van der Waals surface area contributed by atoms with Crippen molar-refractivity contribution in [3.8, 4) is 11.1 Å². The van der Waals surface area contributed by atoms with Crippen LogP contribution in [0, 0.1) is 6.92 Å². The molecule has 1 heterocycles. The SMILES string of the molecule is Cc1cc(-c2ccccc2)co1. The minimum Gasteiger partial charge on any atom is -0.469 e. The van der Waals surface area contributed by atoms with Gasteiger partial charge in [-0.2, -0.15) is 0 Å². The molecular weight excluding hydrogens is 148 g/mol. The molecule has 0 spiro atoms. The quantitative estimate of drug-likeness (QED) is 0.620. The molecule has 0 fully saturated rings. The third-order valence-corrected chi connectivity index (χ3v) is 1.84. The molecule has 1 aromatic heterocycles. The van der Waals surface area contributed by atoms with Crippen molar-refractivity contribution in [3.05, 3.63) is 48.4 Å². The van der Waals surface area contributed by atoms with E-state index >= 15 is 0 Å². The van der Waals surface area contributed by atoms with E-state index in [1.807, 2.05) is 31.2 Å². The molecule has 0 N–H and O–H groups in total. The van der Waals surface area contributed by atoms with Gasteiger partial charge in [0.1, 0.15) is 5.76 Å². The summed E-state index contributed by atoms with van der Waals surface area (Å²) < 4.78 is 5.22. The zero-order valence-electron chi connectivity index (χ0n) is 6.95. The van der Waals surface area contributed by atoms with Crippen LogP contribution in [0.25, 0.3) is 11.1 Å². The molecule has 1 heteroatoms. The molecule has 60 valence electrons. The summed E-state index contributed by atoms with van der Waals surface area (Å²) in [6, 6.07) is 12.2. The Labute approximate surface area is 71.6 Å². The van der Waals surface area contributed by atoms with Gasteiger partial charge in [-0.25, -0.2) is 0 Å². The van der Waals surface area contributed by atoms with E-state index < -0.39 is 0 Å². The van der Waals surface area contributed by atoms with Crippen molar-refractivity contribution in [2.75, 3.05) is 0 Å². The van der Waals surface area contributed by atoms with E-state index in [9.17, 15) is 0 Å². The van der Waals surface area contributed by atoms with Crippen LogP contribution in [0.1, 0.15) is 5.76 Å². The highest BCUT2D eigenvalue weighted by Gasteiger charge is 1.98. The Morgan fingerprint density at radius 3 is 2.33 bits per heavy atom. The molecule has 1 nitrogen and oxygen atoms in total. The largest absolute Gasteiger partial charge is 0.469 e. The average molecular weight is 158 g/mol. The summed E-state index contributed by atoms with van der Waals surface area (Å²) in [5, 5.41) is 0. The summed E-state index contributed by atoms with van der Waals surface area (Å²) in [5.41, 5.74) is 2.35. The Balaban J connectivity index is 2.45. The second-order valence-corrected chi connectivity index (χ2v) is 2.81. The lowest BCUT2D eigenvalue weighted by Gasteiger charge is -1.92. The molecule has 0 bridgehead atoms. The predicted molar refractivity (Wildman–Crippen MR) is 48.9 cm³/mol. The average Bonchev–Trinajstić information content (AvgIpc) is 2.54. The zero-order valence-corrected chi connectivity index (χ0v) is 6.95. The first-order valence-corrected chi connectivity index (χ1v) is 3.97. The Hall–Kier alpha value is -1.50. The zero-order chi connectivity index (χ0) is 8.39. The standard InChI is InChI=1S/C11H10O/c1-9-7-11(8-12-9)10-5-3-2-4-6-10/h2-8H,1H3. The molecule has 0 saturated heterocycles. The summed E-state index contributed by atoms with van der Waals surface area (Å²) in [6.07, 6.45) is 1.78. The third-order valence-electron chi connectivity index (χ3n) is 1.84. The first-order valence-electron chi connectivity index (χ1n) is 3.97. The highest BCUT2D eigenvalue weighted by atomic mass is 16.3. The fraction of sp³-hybridized carbons (Fsp3) is 0.0909. The van der Waals surface area contributed by atoms with Gasteiger partial charge < -0.3 is 4.42 Å². The van der Waals surface area contributed by atoms with E-state index in [1.54, 1.807) is 6.26 Å². The van der Waals surface area contributed by atoms with Crippen molar-refractivity contribution < 1.29 is 4.42 Å². The molecule has 2 aromatic rings. The first-order chi connectivity index (χ1) is 5.86. The molecule has 1 aromatic carbocycles. The van der Waals surface area contributed by atoms with Crippen molar-refractivity contribution in [2.24, 2.45) is 0 Å². The number of furan rings is 1. The van der Waals surface area contributed by atoms with Crippen molar-refractivity contribution in [3.63, 3.8) is 0 Å². The molecule has 2 rings (SSSR count). The van der Waals surface area contributed by atoms with Gasteiger partial charge >= 0.3 is 0 Å². The second kappa shape index (κ2) is 2.86. The van der Waals surface area contributed by atoms with Gasteiger partial charge in [0.15, 0.2) is 0 Å². The summed E-state index contributed by atoms with van der Waals surface area (Å²) in [4.78, 5) is 0. The lowest BCUT2D eigenvalue weighted by Crippen LogP contribution is -1.69. The Bertz CT molecular complexity index is 360. The topological polar surface area (TPSA) is 13.1 Å². The maximum absolute atomic E-state index is 5.22. The van der Waals surface area contributed by atoms with Crippen molar-refractivity contribution in [1.29, 1.82) is 0 Å². The summed E-state index contributed by atoms with van der Waals surface area (Å²) >= 11 is 0. The van der Waals surface area contributed by atoms with E-state index in [4.69, 9.17) is 4.42 Å². The molecular formula is C11H10O. The fourth-order valence-electron chi connectivity index (χ4n) is 1.23. The van der Waals surface area contributed by atoms with Gasteiger partial charge in [0, 0.05) is 5.56 Å². The molecule has 0 saturated carbocycles. The third kappa shape index (κ3) is 1.26. The van der Waals surface area contributed by atoms with Gasteiger partial charge in [0.05, 0.1) is 6.26 Å². The number of benzene rings is 1. The van der Waals surface area contributed by atoms with E-state index in [2.05, 4.69) is 12.1 Å². The molecule has 0 amide bonds. The number of hydrogen-bond acceptors (Lipinski definition) is 1. The molecule has 0 aliphatic rings. The Morgan fingerprint density at radius 1 is 1.00 bits per heavy atom. The highest BCUT2D eigenvalue weighted by Crippen LogP contribution is 2.20. The van der Waals surface area contributed by atoms with Crippen LogP contribution in [-0.4, -0.2) is 0 Å². The molecule has 0 atom stereocenters. The molecule has 0 aliphatic carbocycles. The highest BCUT2D eigenvalue weighted by molar-refractivity contribution is 5.62. The van der Waals surface area contributed by atoms with Gasteiger partial charge in [0.2, 0.25) is 0 Å². The van der Waals surface area contributed by atoms with Gasteiger partial charge in [0.25, 0.3) is 0 Å². The lowest BCUT2D eigenvalue weighted by atomic mass is 10.1. The molecule has 0 radical (unpaired) electrons. The number of aryl methyl sites for hydroxylation is 1. The molecule has 0 unspecified atom stereocenters. The maximum Gasteiger partial charge on any atom is 0.101 e. The monoisotopic (exact) mass is 158 g/mol. The van der Waals surface area contributed by atoms with Crippen LogP contribution < -0.4 is 0 Å². The van der Waals surface area contributed by atoms with Crippen LogP contribution in [-0.2, 0) is 0 Å². The summed E-state index contributed by atoms with van der Waals surface area (Å²) in [6.45, 7) is 1.95. The molecule has 12 heavy (non-hydrogen) atoms. The van der Waals surface area contributed by atoms with Crippen LogP contribution in [0.5, 0.6) is 0 Å². The smallest absolute Gasteiger partial charge is 0.101 e. The van der Waals surface area contributed by atoms with E-state index in [1.165, 1.54) is 5.56 Å². The molecule has 0 aliphatic heterocycles. The normalized spacial score (nSPS) is 10.1. The first kappa shape index (κ1) is 7.17. The van der Waals surface area contributed by atoms with E-state index in [-0.39, 0.29) is 0 Å². The second-order valence-electron chi connectivity index (χ2n) is 2.81. The number of hydrogen-bond donors (Lipinski definition) is 0. The van der Waals surface area contributed by atoms with E-state index in [0.717, 1.165) is 11.3 Å². The Kier molecular flexibility index (Phi) is 1.71. The van der Waals surface area contributed by atoms with Gasteiger partial charge in [-0.05, 0) is 18.6 Å². The fourth-order valence-corrected chi connectivity index (χ4v) is 1.23. The van der Waals surface area contributed by atoms with Crippen LogP contribution >= 0.6 is 0 Å². The number of rotatable bonds is 1. The summed E-state index contributed by atoms with van der Waals surface area (Å²) in [7, 11) is 0. The van der Waals surface area contributed by atoms with Crippen LogP contribution in [0.4, 0.5) is 0 Å². The minimum absolute atomic E-state index is 0.953.